The van der Waals surface area contributed by atoms with Gasteiger partial charge in [-0.1, -0.05) is 26.0 Å². The Morgan fingerprint density at radius 3 is 2.65 bits per heavy atom. The van der Waals surface area contributed by atoms with Gasteiger partial charge in [-0.2, -0.15) is 5.10 Å². The van der Waals surface area contributed by atoms with Crippen molar-refractivity contribution in [3.05, 3.63) is 53.6 Å². The quantitative estimate of drug-likeness (QED) is 0.561. The number of hydrazone groups is 1. The number of nitrogens with zero attached hydrogens (tertiary/aromatic N) is 1. The maximum atomic E-state index is 11.8. The van der Waals surface area contributed by atoms with Crippen LogP contribution in [-0.4, -0.2) is 30.9 Å². The normalized spacial score (nSPS) is 12.0. The summed E-state index contributed by atoms with van der Waals surface area (Å²) in [7, 11) is 1.46. The van der Waals surface area contributed by atoms with E-state index in [9.17, 15) is 9.90 Å². The maximum Gasteiger partial charge on any atom is 0.277 e. The molecule has 0 aliphatic heterocycles. The minimum absolute atomic E-state index is 0.0430. The summed E-state index contributed by atoms with van der Waals surface area (Å²) in [6.07, 6.45) is 2.54. The zero-order valence-electron chi connectivity index (χ0n) is 15.2. The van der Waals surface area contributed by atoms with E-state index in [0.717, 1.165) is 6.42 Å². The van der Waals surface area contributed by atoms with Gasteiger partial charge in [0.2, 0.25) is 0 Å². The Hall–Kier alpha value is -3.02. The highest BCUT2D eigenvalue weighted by Gasteiger charge is 2.05. The Morgan fingerprint density at radius 2 is 2.00 bits per heavy atom. The fourth-order valence-electron chi connectivity index (χ4n) is 2.26. The molecule has 6 nitrogen and oxygen atoms in total. The second-order valence-corrected chi connectivity index (χ2v) is 5.89. The van der Waals surface area contributed by atoms with Gasteiger partial charge >= 0.3 is 0 Å². The van der Waals surface area contributed by atoms with E-state index in [1.807, 2.05) is 24.3 Å². The minimum atomic E-state index is -0.363. The number of amides is 1. The summed E-state index contributed by atoms with van der Waals surface area (Å²) < 4.78 is 10.5. The summed E-state index contributed by atoms with van der Waals surface area (Å²) in [4.78, 5) is 11.8. The summed E-state index contributed by atoms with van der Waals surface area (Å²) in [6, 6.07) is 12.5. The molecule has 0 radical (unpaired) electrons. The number of phenolic OH excluding ortho intramolecular Hbond substituents is 1. The fraction of sp³-hybridized carbons (Fsp3) is 0.300. The molecule has 0 spiro atoms. The molecular formula is C20H24N2O4. The van der Waals surface area contributed by atoms with Gasteiger partial charge in [0.25, 0.3) is 5.91 Å². The van der Waals surface area contributed by atoms with Crippen molar-refractivity contribution in [1.82, 2.24) is 5.43 Å². The molecule has 26 heavy (non-hydrogen) atoms. The molecule has 2 N–H and O–H groups in total. The van der Waals surface area contributed by atoms with E-state index in [-0.39, 0.29) is 18.3 Å². The van der Waals surface area contributed by atoms with Gasteiger partial charge in [-0.15, -0.1) is 0 Å². The summed E-state index contributed by atoms with van der Waals surface area (Å²) in [5.74, 6) is 1.16. The number of methoxy groups -OCH3 is 1. The molecule has 0 unspecified atom stereocenters. The number of aromatic hydroxyl groups is 1. The van der Waals surface area contributed by atoms with Gasteiger partial charge in [0.1, 0.15) is 5.75 Å². The third-order valence-electron chi connectivity index (χ3n) is 4.04. The number of hydrogen-bond acceptors (Lipinski definition) is 5. The Morgan fingerprint density at radius 1 is 1.27 bits per heavy atom. The Balaban J connectivity index is 1.81. The third kappa shape index (κ3) is 5.51. The van der Waals surface area contributed by atoms with Crippen molar-refractivity contribution >= 4 is 12.1 Å². The Labute approximate surface area is 153 Å². The van der Waals surface area contributed by atoms with Gasteiger partial charge in [0.15, 0.2) is 18.1 Å². The van der Waals surface area contributed by atoms with E-state index in [2.05, 4.69) is 24.4 Å². The molecular weight excluding hydrogens is 332 g/mol. The molecule has 0 aliphatic rings. The van der Waals surface area contributed by atoms with Crippen molar-refractivity contribution < 1.29 is 19.4 Å². The van der Waals surface area contributed by atoms with Crippen molar-refractivity contribution in [1.29, 1.82) is 0 Å². The molecule has 0 aromatic heterocycles. The number of benzene rings is 2. The SMILES string of the molecule is CC[C@@H](C)c1ccc(OCC(=O)N/N=C\c2ccc(O)c(OC)c2)cc1. The molecule has 0 bridgehead atoms. The summed E-state index contributed by atoms with van der Waals surface area (Å²) in [5.41, 5.74) is 4.32. The number of ether oxygens (including phenoxy) is 2. The van der Waals surface area contributed by atoms with Gasteiger partial charge in [0, 0.05) is 0 Å². The van der Waals surface area contributed by atoms with E-state index >= 15 is 0 Å². The number of carbonyl (C=O) groups excluding carboxylic acids is 1. The molecule has 0 heterocycles. The van der Waals surface area contributed by atoms with Crippen LogP contribution in [0.15, 0.2) is 47.6 Å². The molecule has 2 aromatic carbocycles. The molecule has 0 saturated carbocycles. The van der Waals surface area contributed by atoms with Gasteiger partial charge in [0.05, 0.1) is 13.3 Å². The first-order valence-electron chi connectivity index (χ1n) is 8.45. The van der Waals surface area contributed by atoms with Crippen LogP contribution in [0.4, 0.5) is 0 Å². The van der Waals surface area contributed by atoms with Crippen LogP contribution in [0.3, 0.4) is 0 Å². The molecule has 6 heteroatoms. The van der Waals surface area contributed by atoms with Gasteiger partial charge in [-0.05, 0) is 53.8 Å². The van der Waals surface area contributed by atoms with Crippen LogP contribution in [0.2, 0.25) is 0 Å². The van der Waals surface area contributed by atoms with Gasteiger partial charge in [-0.25, -0.2) is 5.43 Å². The first-order valence-corrected chi connectivity index (χ1v) is 8.45. The lowest BCUT2D eigenvalue weighted by atomic mass is 9.99. The molecule has 2 aromatic rings. The van der Waals surface area contributed by atoms with Crippen LogP contribution in [-0.2, 0) is 4.79 Å². The smallest absolute Gasteiger partial charge is 0.277 e. The molecule has 1 atom stereocenters. The molecule has 0 saturated heterocycles. The lowest BCUT2D eigenvalue weighted by Gasteiger charge is -2.10. The average Bonchev–Trinajstić information content (AvgIpc) is 2.67. The number of carbonyl (C=O) groups is 1. The van der Waals surface area contributed by atoms with E-state index in [1.165, 1.54) is 25.0 Å². The van der Waals surface area contributed by atoms with Crippen molar-refractivity contribution in [2.45, 2.75) is 26.2 Å². The van der Waals surface area contributed by atoms with Gasteiger partial charge < -0.3 is 14.6 Å². The minimum Gasteiger partial charge on any atom is -0.504 e. The van der Waals surface area contributed by atoms with Crippen LogP contribution >= 0.6 is 0 Å². The monoisotopic (exact) mass is 356 g/mol. The number of hydrogen-bond donors (Lipinski definition) is 2. The summed E-state index contributed by atoms with van der Waals surface area (Å²) >= 11 is 0. The highest BCUT2D eigenvalue weighted by molar-refractivity contribution is 5.83. The molecule has 2 rings (SSSR count). The second kappa shape index (κ2) is 9.46. The lowest BCUT2D eigenvalue weighted by Crippen LogP contribution is -2.24. The van der Waals surface area contributed by atoms with Crippen molar-refractivity contribution in [3.8, 4) is 17.2 Å². The van der Waals surface area contributed by atoms with Crippen molar-refractivity contribution in [2.24, 2.45) is 5.10 Å². The van der Waals surface area contributed by atoms with E-state index in [1.54, 1.807) is 12.1 Å². The topological polar surface area (TPSA) is 80.2 Å². The molecule has 1 amide bonds. The Bertz CT molecular complexity index is 757. The largest absolute Gasteiger partial charge is 0.504 e. The molecule has 0 aliphatic carbocycles. The average molecular weight is 356 g/mol. The predicted octanol–water partition coefficient (Wildman–Crippen LogP) is 3.44. The maximum absolute atomic E-state index is 11.8. The zero-order chi connectivity index (χ0) is 18.9. The van der Waals surface area contributed by atoms with Crippen LogP contribution in [0.5, 0.6) is 17.2 Å². The standard InChI is InChI=1S/C20H24N2O4/c1-4-14(2)16-6-8-17(9-7-16)26-13-20(24)22-21-12-15-5-10-18(23)19(11-15)25-3/h5-12,14,23H,4,13H2,1-3H3,(H,22,24)/b21-12-/t14-/m1/s1. The highest BCUT2D eigenvalue weighted by atomic mass is 16.5. The Kier molecular flexibility index (Phi) is 7.02. The zero-order valence-corrected chi connectivity index (χ0v) is 15.2. The van der Waals surface area contributed by atoms with Gasteiger partial charge in [-0.3, -0.25) is 4.79 Å². The summed E-state index contributed by atoms with van der Waals surface area (Å²) in [5, 5.41) is 13.4. The van der Waals surface area contributed by atoms with E-state index in [4.69, 9.17) is 9.47 Å². The van der Waals surface area contributed by atoms with Crippen LogP contribution < -0.4 is 14.9 Å². The first kappa shape index (κ1) is 19.3. The van der Waals surface area contributed by atoms with E-state index < -0.39 is 0 Å². The lowest BCUT2D eigenvalue weighted by molar-refractivity contribution is -0.123. The number of rotatable bonds is 8. The van der Waals surface area contributed by atoms with Crippen molar-refractivity contribution in [3.63, 3.8) is 0 Å². The fourth-order valence-corrected chi connectivity index (χ4v) is 2.26. The molecule has 138 valence electrons. The predicted molar refractivity (Wildman–Crippen MR) is 101 cm³/mol. The van der Waals surface area contributed by atoms with E-state index in [0.29, 0.717) is 23.0 Å². The first-order chi connectivity index (χ1) is 12.5. The van der Waals surface area contributed by atoms with Crippen LogP contribution in [0.1, 0.15) is 37.3 Å². The highest BCUT2D eigenvalue weighted by Crippen LogP contribution is 2.25. The summed E-state index contributed by atoms with van der Waals surface area (Å²) in [6.45, 7) is 4.19. The van der Waals surface area contributed by atoms with Crippen LogP contribution in [0, 0.1) is 0 Å². The number of phenols is 1. The van der Waals surface area contributed by atoms with Crippen molar-refractivity contribution in [2.75, 3.05) is 13.7 Å². The molecule has 0 fully saturated rings. The third-order valence-corrected chi connectivity index (χ3v) is 4.04. The second-order valence-electron chi connectivity index (χ2n) is 5.89. The van der Waals surface area contributed by atoms with Crippen LogP contribution in [0.25, 0.3) is 0 Å². The number of nitrogens with one attached hydrogen (secondary N) is 1.